The third-order valence-electron chi connectivity index (χ3n) is 3.51. The number of fused-ring (bicyclic) bond motifs is 1. The van der Waals surface area contributed by atoms with Gasteiger partial charge in [0.05, 0.1) is 23.7 Å². The van der Waals surface area contributed by atoms with Gasteiger partial charge < -0.3 is 9.47 Å². The first-order chi connectivity index (χ1) is 12.1. The lowest BCUT2D eigenvalue weighted by Crippen LogP contribution is -2.14. The van der Waals surface area contributed by atoms with Crippen LogP contribution in [0, 0.1) is 5.82 Å². The molecule has 0 aliphatic rings. The van der Waals surface area contributed by atoms with Crippen molar-refractivity contribution in [3.05, 3.63) is 65.7 Å². The molecule has 25 heavy (non-hydrogen) atoms. The van der Waals surface area contributed by atoms with Crippen molar-refractivity contribution in [3.8, 4) is 5.75 Å². The van der Waals surface area contributed by atoms with Crippen LogP contribution in [0.1, 0.15) is 20.7 Å². The summed E-state index contributed by atoms with van der Waals surface area (Å²) in [6.07, 6.45) is 3.06. The first kappa shape index (κ1) is 16.5. The van der Waals surface area contributed by atoms with Crippen LogP contribution in [0.5, 0.6) is 5.75 Å². The maximum absolute atomic E-state index is 13.6. The number of aromatic nitrogens is 2. The number of rotatable bonds is 5. The van der Waals surface area contributed by atoms with Crippen LogP contribution in [0.25, 0.3) is 11.0 Å². The Balaban J connectivity index is 1.68. The summed E-state index contributed by atoms with van der Waals surface area (Å²) in [5, 5.41) is 0. The predicted molar refractivity (Wildman–Crippen MR) is 87.1 cm³/mol. The highest BCUT2D eigenvalue weighted by atomic mass is 19.1. The van der Waals surface area contributed by atoms with Gasteiger partial charge in [-0.2, -0.15) is 0 Å². The molecule has 0 bridgehead atoms. The zero-order valence-corrected chi connectivity index (χ0v) is 13.2. The number of hydrogen-bond acceptors (Lipinski definition) is 6. The van der Waals surface area contributed by atoms with E-state index in [1.165, 1.54) is 37.6 Å². The molecule has 0 aliphatic carbocycles. The van der Waals surface area contributed by atoms with Crippen molar-refractivity contribution in [2.24, 2.45) is 0 Å². The molecule has 1 aromatic heterocycles. The first-order valence-electron chi connectivity index (χ1n) is 7.33. The summed E-state index contributed by atoms with van der Waals surface area (Å²) >= 11 is 0. The molecule has 0 atom stereocenters. The molecule has 0 N–H and O–H groups in total. The van der Waals surface area contributed by atoms with Gasteiger partial charge in [-0.25, -0.2) is 9.18 Å². The summed E-state index contributed by atoms with van der Waals surface area (Å²) in [5.41, 5.74) is 1.53. The van der Waals surface area contributed by atoms with Crippen LogP contribution >= 0.6 is 0 Å². The zero-order valence-electron chi connectivity index (χ0n) is 13.2. The molecule has 0 aliphatic heterocycles. The second kappa shape index (κ2) is 7.04. The van der Waals surface area contributed by atoms with Crippen molar-refractivity contribution < 1.29 is 23.5 Å². The van der Waals surface area contributed by atoms with E-state index in [-0.39, 0.29) is 16.9 Å². The van der Waals surface area contributed by atoms with Gasteiger partial charge in [-0.3, -0.25) is 14.8 Å². The largest absolute Gasteiger partial charge is 0.494 e. The number of ketones is 1. The summed E-state index contributed by atoms with van der Waals surface area (Å²) in [7, 11) is 1.33. The zero-order chi connectivity index (χ0) is 17.8. The van der Waals surface area contributed by atoms with Gasteiger partial charge in [-0.05, 0) is 36.4 Å². The standard InChI is InChI=1S/C18H13FN2O4/c1-24-17-5-3-11(8-13(17)19)16(22)10-25-18(23)12-2-4-14-15(9-12)21-7-6-20-14/h2-9H,10H2,1H3. The number of ether oxygens (including phenoxy) is 2. The molecule has 0 spiro atoms. The fourth-order valence-corrected chi connectivity index (χ4v) is 2.23. The molecule has 0 unspecified atom stereocenters. The third-order valence-corrected chi connectivity index (χ3v) is 3.51. The minimum absolute atomic E-state index is 0.0332. The number of nitrogens with zero attached hydrogens (tertiary/aromatic N) is 2. The van der Waals surface area contributed by atoms with E-state index in [4.69, 9.17) is 9.47 Å². The summed E-state index contributed by atoms with van der Waals surface area (Å²) in [4.78, 5) is 32.3. The van der Waals surface area contributed by atoms with Crippen LogP contribution in [0.2, 0.25) is 0 Å². The molecule has 3 rings (SSSR count). The van der Waals surface area contributed by atoms with E-state index < -0.39 is 24.2 Å². The number of benzene rings is 2. The van der Waals surface area contributed by atoms with Crippen molar-refractivity contribution >= 4 is 22.8 Å². The molecular formula is C18H13FN2O4. The van der Waals surface area contributed by atoms with Crippen LogP contribution in [0.4, 0.5) is 4.39 Å². The second-order valence-corrected chi connectivity index (χ2v) is 5.11. The van der Waals surface area contributed by atoms with E-state index in [1.807, 2.05) is 0 Å². The first-order valence-corrected chi connectivity index (χ1v) is 7.33. The molecule has 0 saturated heterocycles. The molecule has 0 radical (unpaired) electrons. The Morgan fingerprint density at radius 2 is 1.72 bits per heavy atom. The van der Waals surface area contributed by atoms with Gasteiger partial charge in [-0.1, -0.05) is 0 Å². The number of halogens is 1. The highest BCUT2D eigenvalue weighted by Crippen LogP contribution is 2.18. The van der Waals surface area contributed by atoms with E-state index in [1.54, 1.807) is 12.3 Å². The number of carbonyl (C=O) groups is 2. The lowest BCUT2D eigenvalue weighted by atomic mass is 10.1. The summed E-state index contributed by atoms with van der Waals surface area (Å²) in [5.74, 6) is -1.82. The highest BCUT2D eigenvalue weighted by Gasteiger charge is 2.14. The fourth-order valence-electron chi connectivity index (χ4n) is 2.23. The number of Topliss-reactive ketones (excluding diaryl/α,β-unsaturated/α-hetero) is 1. The number of hydrogen-bond donors (Lipinski definition) is 0. The average Bonchev–Trinajstić information content (AvgIpc) is 2.65. The van der Waals surface area contributed by atoms with Crippen LogP contribution < -0.4 is 4.74 Å². The van der Waals surface area contributed by atoms with Crippen molar-refractivity contribution in [2.75, 3.05) is 13.7 Å². The number of esters is 1. The van der Waals surface area contributed by atoms with Gasteiger partial charge in [0.15, 0.2) is 24.0 Å². The lowest BCUT2D eigenvalue weighted by Gasteiger charge is -2.06. The summed E-state index contributed by atoms with van der Waals surface area (Å²) in [6.45, 7) is -0.497. The van der Waals surface area contributed by atoms with E-state index >= 15 is 0 Å². The Kier molecular flexibility index (Phi) is 4.65. The van der Waals surface area contributed by atoms with E-state index in [0.717, 1.165) is 6.07 Å². The van der Waals surface area contributed by atoms with Gasteiger partial charge in [0.1, 0.15) is 0 Å². The van der Waals surface area contributed by atoms with E-state index in [2.05, 4.69) is 9.97 Å². The van der Waals surface area contributed by atoms with Crippen molar-refractivity contribution in [1.82, 2.24) is 9.97 Å². The fraction of sp³-hybridized carbons (Fsp3) is 0.111. The summed E-state index contributed by atoms with van der Waals surface area (Å²) in [6, 6.07) is 8.50. The van der Waals surface area contributed by atoms with Crippen molar-refractivity contribution in [3.63, 3.8) is 0 Å². The molecule has 0 saturated carbocycles. The normalized spacial score (nSPS) is 10.5. The Bertz CT molecular complexity index is 959. The number of methoxy groups -OCH3 is 1. The Morgan fingerprint density at radius 3 is 2.44 bits per heavy atom. The Hall–Kier alpha value is -3.35. The maximum atomic E-state index is 13.6. The minimum Gasteiger partial charge on any atom is -0.494 e. The Morgan fingerprint density at radius 1 is 1.00 bits per heavy atom. The molecule has 126 valence electrons. The molecule has 7 heteroatoms. The van der Waals surface area contributed by atoms with Gasteiger partial charge in [0.25, 0.3) is 0 Å². The topological polar surface area (TPSA) is 78.4 Å². The van der Waals surface area contributed by atoms with Crippen LogP contribution in [0.15, 0.2) is 48.8 Å². The third kappa shape index (κ3) is 3.60. The van der Waals surface area contributed by atoms with Gasteiger partial charge in [0.2, 0.25) is 0 Å². The van der Waals surface area contributed by atoms with E-state index in [9.17, 15) is 14.0 Å². The predicted octanol–water partition coefficient (Wildman–Crippen LogP) is 2.82. The maximum Gasteiger partial charge on any atom is 0.338 e. The van der Waals surface area contributed by atoms with Gasteiger partial charge >= 0.3 is 5.97 Å². The molecule has 6 nitrogen and oxygen atoms in total. The molecule has 2 aromatic carbocycles. The summed E-state index contributed by atoms with van der Waals surface area (Å²) < 4.78 is 23.4. The molecule has 0 amide bonds. The van der Waals surface area contributed by atoms with Crippen LogP contribution in [0.3, 0.4) is 0 Å². The molecule has 0 fully saturated rings. The average molecular weight is 340 g/mol. The SMILES string of the molecule is COc1ccc(C(=O)COC(=O)c2ccc3nccnc3c2)cc1F. The van der Waals surface area contributed by atoms with Crippen molar-refractivity contribution in [2.45, 2.75) is 0 Å². The van der Waals surface area contributed by atoms with Crippen LogP contribution in [-0.4, -0.2) is 35.4 Å². The molecule has 1 heterocycles. The second-order valence-electron chi connectivity index (χ2n) is 5.11. The van der Waals surface area contributed by atoms with Crippen molar-refractivity contribution in [1.29, 1.82) is 0 Å². The Labute approximate surface area is 142 Å². The van der Waals surface area contributed by atoms with E-state index in [0.29, 0.717) is 11.0 Å². The van der Waals surface area contributed by atoms with Gasteiger partial charge in [0, 0.05) is 18.0 Å². The lowest BCUT2D eigenvalue weighted by molar-refractivity contribution is 0.0475. The van der Waals surface area contributed by atoms with Gasteiger partial charge in [-0.15, -0.1) is 0 Å². The smallest absolute Gasteiger partial charge is 0.338 e. The minimum atomic E-state index is -0.671. The number of carbonyl (C=O) groups excluding carboxylic acids is 2. The highest BCUT2D eigenvalue weighted by molar-refractivity contribution is 6.00. The monoisotopic (exact) mass is 340 g/mol. The molecular weight excluding hydrogens is 327 g/mol. The quantitative estimate of drug-likeness (QED) is 0.525. The molecule has 3 aromatic rings. The van der Waals surface area contributed by atoms with Crippen LogP contribution in [-0.2, 0) is 4.74 Å².